The van der Waals surface area contributed by atoms with Crippen LogP contribution in [0, 0.1) is 0 Å². The molecule has 0 fully saturated rings. The highest BCUT2D eigenvalue weighted by atomic mass is 79.9. The molecular weight excluding hydrogens is 757 g/mol. The van der Waals surface area contributed by atoms with Gasteiger partial charge in [-0.2, -0.15) is 0 Å². The number of anilines is 6. The SMILES string of the molecule is CC(C)(C)c1ccc(N(c2cccc(N(c3ccc(C(C)(C)C)cc3)c3cc4ccccc4c4ccccc34)c2Br)c2cc3ccccc3c3ccccc23)cc1. The first-order chi connectivity index (χ1) is 27.5. The summed E-state index contributed by atoms with van der Waals surface area (Å²) in [5.74, 6) is 0. The molecule has 0 aliphatic carbocycles. The fourth-order valence-corrected chi connectivity index (χ4v) is 8.95. The van der Waals surface area contributed by atoms with E-state index in [4.69, 9.17) is 0 Å². The Kier molecular flexibility index (Phi) is 9.17. The number of fused-ring (bicyclic) bond motifs is 6. The van der Waals surface area contributed by atoms with Crippen molar-refractivity contribution in [1.82, 2.24) is 0 Å². The predicted molar refractivity (Wildman–Crippen MR) is 251 cm³/mol. The minimum atomic E-state index is 0.0329. The Morgan fingerprint density at radius 2 is 0.667 bits per heavy atom. The third-order valence-electron chi connectivity index (χ3n) is 11.4. The van der Waals surface area contributed by atoms with E-state index in [0.717, 1.165) is 38.6 Å². The maximum absolute atomic E-state index is 4.31. The van der Waals surface area contributed by atoms with E-state index in [-0.39, 0.29) is 10.8 Å². The summed E-state index contributed by atoms with van der Waals surface area (Å²) in [6.07, 6.45) is 0. The molecule has 0 spiro atoms. The molecule has 0 N–H and O–H groups in total. The van der Waals surface area contributed by atoms with Crippen molar-refractivity contribution in [3.63, 3.8) is 0 Å². The lowest BCUT2D eigenvalue weighted by Crippen LogP contribution is -2.16. The highest BCUT2D eigenvalue weighted by Gasteiger charge is 2.26. The van der Waals surface area contributed by atoms with Crippen LogP contribution in [0.2, 0.25) is 0 Å². The van der Waals surface area contributed by atoms with Gasteiger partial charge in [0.25, 0.3) is 0 Å². The molecule has 57 heavy (non-hydrogen) atoms. The molecule has 280 valence electrons. The van der Waals surface area contributed by atoms with E-state index in [0.29, 0.717) is 0 Å². The van der Waals surface area contributed by atoms with Gasteiger partial charge in [-0.25, -0.2) is 0 Å². The zero-order chi connectivity index (χ0) is 39.5. The van der Waals surface area contributed by atoms with Gasteiger partial charge in [-0.15, -0.1) is 0 Å². The number of rotatable bonds is 6. The van der Waals surface area contributed by atoms with Gasteiger partial charge in [-0.05, 0) is 119 Å². The largest absolute Gasteiger partial charge is 0.309 e. The molecule has 0 amide bonds. The van der Waals surface area contributed by atoms with Crippen LogP contribution >= 0.6 is 15.9 Å². The van der Waals surface area contributed by atoms with Crippen LogP contribution in [0.25, 0.3) is 43.1 Å². The first kappa shape index (κ1) is 36.7. The van der Waals surface area contributed by atoms with Crippen LogP contribution in [0.3, 0.4) is 0 Å². The van der Waals surface area contributed by atoms with Crippen LogP contribution in [-0.2, 0) is 10.8 Å². The van der Waals surface area contributed by atoms with Crippen molar-refractivity contribution in [2.45, 2.75) is 52.4 Å². The van der Waals surface area contributed by atoms with Crippen molar-refractivity contribution in [3.05, 3.63) is 192 Å². The molecule has 9 aromatic carbocycles. The van der Waals surface area contributed by atoms with Crippen LogP contribution in [0.4, 0.5) is 34.1 Å². The van der Waals surface area contributed by atoms with Crippen LogP contribution < -0.4 is 9.80 Å². The Hall–Kier alpha value is -5.90. The zero-order valence-electron chi connectivity index (χ0n) is 33.5. The minimum Gasteiger partial charge on any atom is -0.309 e. The molecule has 0 heterocycles. The van der Waals surface area contributed by atoms with Crippen LogP contribution in [-0.4, -0.2) is 0 Å². The average Bonchev–Trinajstić information content (AvgIpc) is 3.22. The van der Waals surface area contributed by atoms with Gasteiger partial charge >= 0.3 is 0 Å². The summed E-state index contributed by atoms with van der Waals surface area (Å²) in [5.41, 5.74) is 9.22. The van der Waals surface area contributed by atoms with E-state index in [1.807, 2.05) is 0 Å². The molecule has 0 aliphatic heterocycles. The lowest BCUT2D eigenvalue weighted by Gasteiger charge is -2.33. The summed E-state index contributed by atoms with van der Waals surface area (Å²) in [4.78, 5) is 4.88. The molecule has 0 saturated carbocycles. The third-order valence-corrected chi connectivity index (χ3v) is 12.2. The summed E-state index contributed by atoms with van der Waals surface area (Å²) in [6, 6.07) is 64.8. The van der Waals surface area contributed by atoms with Gasteiger partial charge in [0.1, 0.15) is 0 Å². The Morgan fingerprint density at radius 3 is 1.04 bits per heavy atom. The van der Waals surface area contributed by atoms with Gasteiger partial charge in [0, 0.05) is 22.1 Å². The van der Waals surface area contributed by atoms with Crippen LogP contribution in [0.15, 0.2) is 180 Å². The molecule has 9 aromatic rings. The molecule has 0 aliphatic rings. The smallest absolute Gasteiger partial charge is 0.0656 e. The second-order valence-electron chi connectivity index (χ2n) is 17.2. The normalized spacial score (nSPS) is 12.1. The van der Waals surface area contributed by atoms with Crippen molar-refractivity contribution in [3.8, 4) is 0 Å². The third kappa shape index (κ3) is 6.64. The second kappa shape index (κ2) is 14.2. The van der Waals surface area contributed by atoms with Crippen molar-refractivity contribution in [1.29, 1.82) is 0 Å². The summed E-state index contributed by atoms with van der Waals surface area (Å²) in [5, 5.41) is 9.78. The van der Waals surface area contributed by atoms with E-state index in [1.165, 1.54) is 54.2 Å². The lowest BCUT2D eigenvalue weighted by molar-refractivity contribution is 0.590. The predicted octanol–water partition coefficient (Wildman–Crippen LogP) is 16.6. The highest BCUT2D eigenvalue weighted by Crippen LogP contribution is 2.50. The molecule has 0 atom stereocenters. The molecule has 0 bridgehead atoms. The molecular formula is C54H47BrN2. The average molecular weight is 804 g/mol. The van der Waals surface area contributed by atoms with Gasteiger partial charge in [0.15, 0.2) is 0 Å². The van der Waals surface area contributed by atoms with Crippen molar-refractivity contribution in [2.24, 2.45) is 0 Å². The molecule has 0 unspecified atom stereocenters. The van der Waals surface area contributed by atoms with Gasteiger partial charge < -0.3 is 9.80 Å². The lowest BCUT2D eigenvalue weighted by atomic mass is 9.87. The van der Waals surface area contributed by atoms with Gasteiger partial charge in [0.05, 0.1) is 27.2 Å². The van der Waals surface area contributed by atoms with Crippen molar-refractivity contribution >= 4 is 93.1 Å². The zero-order valence-corrected chi connectivity index (χ0v) is 35.1. The fourth-order valence-electron chi connectivity index (χ4n) is 8.33. The van der Waals surface area contributed by atoms with Crippen molar-refractivity contribution < 1.29 is 0 Å². The fraction of sp³-hybridized carbons (Fsp3) is 0.148. The van der Waals surface area contributed by atoms with Crippen LogP contribution in [0.5, 0.6) is 0 Å². The first-order valence-electron chi connectivity index (χ1n) is 19.9. The molecule has 0 radical (unpaired) electrons. The molecule has 2 nitrogen and oxygen atoms in total. The topological polar surface area (TPSA) is 6.48 Å². The van der Waals surface area contributed by atoms with E-state index >= 15 is 0 Å². The Balaban J connectivity index is 1.33. The van der Waals surface area contributed by atoms with E-state index in [2.05, 4.69) is 243 Å². The first-order valence-corrected chi connectivity index (χ1v) is 20.7. The van der Waals surface area contributed by atoms with Gasteiger partial charge in [-0.1, -0.05) is 169 Å². The Bertz CT molecular complexity index is 2730. The molecule has 0 saturated heterocycles. The number of hydrogen-bond acceptors (Lipinski definition) is 2. The van der Waals surface area contributed by atoms with E-state index < -0.39 is 0 Å². The Morgan fingerprint density at radius 1 is 0.333 bits per heavy atom. The highest BCUT2D eigenvalue weighted by molar-refractivity contribution is 9.10. The second-order valence-corrected chi connectivity index (χ2v) is 18.0. The summed E-state index contributed by atoms with van der Waals surface area (Å²) < 4.78 is 0.999. The maximum Gasteiger partial charge on any atom is 0.0656 e. The Labute approximate surface area is 345 Å². The molecule has 0 aromatic heterocycles. The number of nitrogens with zero attached hydrogens (tertiary/aromatic N) is 2. The minimum absolute atomic E-state index is 0.0329. The maximum atomic E-state index is 4.31. The van der Waals surface area contributed by atoms with E-state index in [9.17, 15) is 0 Å². The molecule has 3 heteroatoms. The standard InChI is InChI=1S/C54H47BrN2/c1-53(2,3)38-26-30-40(31-27-38)56(50-34-36-16-7-9-18-42(36)44-20-11-13-22-46(44)50)48-24-15-25-49(52(48)55)57(41-32-28-39(29-33-41)54(4,5)6)51-35-37-17-8-10-19-43(37)45-21-12-14-23-47(45)51/h7-35H,1-6H3. The number of hydrogen-bond donors (Lipinski definition) is 0. The molecule has 9 rings (SSSR count). The summed E-state index contributed by atoms with van der Waals surface area (Å²) in [6.45, 7) is 13.6. The van der Waals surface area contributed by atoms with Gasteiger partial charge in [-0.3, -0.25) is 0 Å². The van der Waals surface area contributed by atoms with E-state index in [1.54, 1.807) is 0 Å². The van der Waals surface area contributed by atoms with Gasteiger partial charge in [0.2, 0.25) is 0 Å². The summed E-state index contributed by atoms with van der Waals surface area (Å²) >= 11 is 4.31. The van der Waals surface area contributed by atoms with Crippen molar-refractivity contribution in [2.75, 3.05) is 9.80 Å². The number of halogens is 1. The monoisotopic (exact) mass is 802 g/mol. The van der Waals surface area contributed by atoms with Crippen LogP contribution in [0.1, 0.15) is 52.7 Å². The summed E-state index contributed by atoms with van der Waals surface area (Å²) in [7, 11) is 0. The number of benzene rings is 9. The quantitative estimate of drug-likeness (QED) is 0.155.